The quantitative estimate of drug-likeness (QED) is 0.0981. The summed E-state index contributed by atoms with van der Waals surface area (Å²) in [4.78, 5) is 48.8. The van der Waals surface area contributed by atoms with Gasteiger partial charge in [-0.1, -0.05) is 75.9 Å². The second-order valence-corrected chi connectivity index (χ2v) is 16.3. The second kappa shape index (κ2) is 16.7. The molecule has 2 aliphatic carbocycles. The van der Waals surface area contributed by atoms with Gasteiger partial charge in [-0.05, 0) is 56.1 Å². The van der Waals surface area contributed by atoms with E-state index in [1.165, 1.54) is 6.92 Å². The number of unbranched alkanes of at least 4 members (excludes halogenated alkanes) is 4. The van der Waals surface area contributed by atoms with Crippen molar-refractivity contribution in [3.05, 3.63) is 41.5 Å². The van der Waals surface area contributed by atoms with E-state index in [1.54, 1.807) is 5.06 Å². The number of esters is 1. The fraction of sp³-hybridized carbons (Fsp3) is 0.732. The van der Waals surface area contributed by atoms with Crippen molar-refractivity contribution in [3.63, 3.8) is 0 Å². The molecule has 4 heterocycles. The summed E-state index contributed by atoms with van der Waals surface area (Å²) in [5, 5.41) is 26.8. The van der Waals surface area contributed by atoms with E-state index in [2.05, 4.69) is 36.6 Å². The van der Waals surface area contributed by atoms with Gasteiger partial charge in [-0.15, -0.1) is 0 Å². The third kappa shape index (κ3) is 7.87. The van der Waals surface area contributed by atoms with Crippen molar-refractivity contribution in [1.29, 1.82) is 0 Å². The highest BCUT2D eigenvalue weighted by molar-refractivity contribution is 5.96. The molecule has 6 aliphatic rings. The van der Waals surface area contributed by atoms with Gasteiger partial charge < -0.3 is 39.8 Å². The highest BCUT2D eigenvalue weighted by Crippen LogP contribution is 2.58. The number of epoxide rings is 1. The van der Waals surface area contributed by atoms with E-state index in [0.717, 1.165) is 68.9 Å². The Hall–Kier alpha value is -2.91. The molecule has 13 heteroatoms. The number of nitrogens with zero attached hydrogens (tertiary/aromatic N) is 1. The number of hydrogen-bond acceptors (Lipinski definition) is 11. The molecule has 0 aromatic heterocycles. The molecule has 13 nitrogen and oxygen atoms in total. The van der Waals surface area contributed by atoms with Crippen LogP contribution in [0.25, 0.3) is 6.08 Å². The number of benzene rings is 1. The third-order valence-electron chi connectivity index (χ3n) is 12.4. The largest absolute Gasteiger partial charge is 0.458 e. The van der Waals surface area contributed by atoms with Gasteiger partial charge in [0.1, 0.15) is 35.9 Å². The van der Waals surface area contributed by atoms with E-state index in [0.29, 0.717) is 31.0 Å². The first-order chi connectivity index (χ1) is 26.1. The summed E-state index contributed by atoms with van der Waals surface area (Å²) in [5.74, 6) is -2.25. The van der Waals surface area contributed by atoms with Crippen molar-refractivity contribution in [3.8, 4) is 0 Å². The number of fused-ring (bicyclic) bond motifs is 5. The molecule has 0 spiro atoms. The summed E-state index contributed by atoms with van der Waals surface area (Å²) in [7, 11) is 0. The molecule has 54 heavy (non-hydrogen) atoms. The van der Waals surface area contributed by atoms with Crippen LogP contribution >= 0.6 is 0 Å². The number of aliphatic hydroxyl groups is 2. The molecule has 4 aliphatic heterocycles. The Morgan fingerprint density at radius 3 is 2.39 bits per heavy atom. The van der Waals surface area contributed by atoms with Gasteiger partial charge in [0.2, 0.25) is 11.8 Å². The Kier molecular flexibility index (Phi) is 12.1. The van der Waals surface area contributed by atoms with Gasteiger partial charge in [0, 0.05) is 25.8 Å². The number of hydrogen-bond donors (Lipinski definition) is 4. The molecule has 2 amide bonds. The topological polar surface area (TPSA) is 168 Å². The zero-order valence-corrected chi connectivity index (χ0v) is 32.0. The van der Waals surface area contributed by atoms with Crippen LogP contribution in [0.1, 0.15) is 109 Å². The zero-order valence-electron chi connectivity index (χ0n) is 32.0. The lowest BCUT2D eigenvalue weighted by atomic mass is 9.62. The fourth-order valence-corrected chi connectivity index (χ4v) is 9.44. The maximum atomic E-state index is 14.8. The zero-order chi connectivity index (χ0) is 38.0. The number of aliphatic hydroxyl groups excluding tert-OH is 2. The molecule has 11 unspecified atom stereocenters. The predicted molar refractivity (Wildman–Crippen MR) is 197 cm³/mol. The van der Waals surface area contributed by atoms with Crippen LogP contribution in [0.15, 0.2) is 30.3 Å². The molecule has 298 valence electrons. The maximum Gasteiger partial charge on any atom is 0.327 e. The first-order valence-corrected chi connectivity index (χ1v) is 20.4. The molecule has 2 bridgehead atoms. The Labute approximate surface area is 318 Å². The summed E-state index contributed by atoms with van der Waals surface area (Å²) < 4.78 is 25.6. The van der Waals surface area contributed by atoms with Gasteiger partial charge >= 0.3 is 5.97 Å². The molecule has 4 saturated heterocycles. The van der Waals surface area contributed by atoms with Crippen LogP contribution in [0.4, 0.5) is 0 Å². The van der Waals surface area contributed by atoms with E-state index in [4.69, 9.17) is 23.8 Å². The number of allylic oxidation sites excluding steroid dienone is 1. The molecule has 1 aromatic carbocycles. The third-order valence-corrected chi connectivity index (χ3v) is 12.4. The Bertz CT molecular complexity index is 1510. The molecule has 6 fully saturated rings. The van der Waals surface area contributed by atoms with Crippen LogP contribution < -0.4 is 10.6 Å². The van der Waals surface area contributed by atoms with Crippen LogP contribution in [-0.4, -0.2) is 107 Å². The number of ether oxygens (including phenoxy) is 4. The smallest absolute Gasteiger partial charge is 0.327 e. The van der Waals surface area contributed by atoms with Crippen LogP contribution in [0.5, 0.6) is 0 Å². The van der Waals surface area contributed by atoms with E-state index < -0.39 is 71.6 Å². The summed E-state index contributed by atoms with van der Waals surface area (Å²) in [5.41, 5.74) is 0.432. The molecule has 2 saturated carbocycles. The minimum absolute atomic E-state index is 0.0440. The summed E-state index contributed by atoms with van der Waals surface area (Å²) >= 11 is 0. The van der Waals surface area contributed by atoms with E-state index in [1.807, 2.05) is 24.3 Å². The van der Waals surface area contributed by atoms with Crippen molar-refractivity contribution in [2.75, 3.05) is 13.2 Å². The van der Waals surface area contributed by atoms with Gasteiger partial charge in [0.25, 0.3) is 0 Å². The standard InChI is InChI=1S/C41H59N3O10/c1-4-6-8-18-40(19-9-7-5-2)52-33-31-23-41(39(49)43-32(25(3)46)37(47)42-20-21-45)35(38(48)51-31)44(54-36(41)34(33)53-40)24-28-14-11-26(12-15-28)10-13-27-16-17-29-30(22-27)50-29/h10-15,25,27,29-36,45-46H,4-9,16-24H2,1-3H3,(H,42,47)(H,43,49). The van der Waals surface area contributed by atoms with Crippen molar-refractivity contribution >= 4 is 23.9 Å². The number of hydroxylamine groups is 2. The summed E-state index contributed by atoms with van der Waals surface area (Å²) in [6.45, 7) is 5.55. The van der Waals surface area contributed by atoms with Gasteiger partial charge in [-0.3, -0.25) is 19.2 Å². The molecular weight excluding hydrogens is 694 g/mol. The predicted octanol–water partition coefficient (Wildman–Crippen LogP) is 3.68. The van der Waals surface area contributed by atoms with Crippen molar-refractivity contribution in [1.82, 2.24) is 15.7 Å². The van der Waals surface area contributed by atoms with Crippen LogP contribution in [0.3, 0.4) is 0 Å². The molecule has 1 aromatic rings. The number of amides is 2. The fourth-order valence-electron chi connectivity index (χ4n) is 9.44. The van der Waals surface area contributed by atoms with Gasteiger partial charge in [-0.2, -0.15) is 5.06 Å². The second-order valence-electron chi connectivity index (χ2n) is 16.3. The summed E-state index contributed by atoms with van der Waals surface area (Å²) in [6, 6.07) is 5.58. The van der Waals surface area contributed by atoms with Crippen molar-refractivity contribution in [2.45, 2.75) is 165 Å². The lowest BCUT2D eigenvalue weighted by Crippen LogP contribution is -2.71. The lowest BCUT2D eigenvalue weighted by Gasteiger charge is -2.49. The Balaban J connectivity index is 1.17. The summed E-state index contributed by atoms with van der Waals surface area (Å²) in [6.07, 6.45) is 11.6. The normalized spacial score (nSPS) is 34.5. The van der Waals surface area contributed by atoms with E-state index in [-0.39, 0.29) is 26.1 Å². The monoisotopic (exact) mass is 753 g/mol. The Morgan fingerprint density at radius 2 is 1.72 bits per heavy atom. The van der Waals surface area contributed by atoms with Crippen molar-refractivity contribution in [2.24, 2.45) is 11.3 Å². The van der Waals surface area contributed by atoms with Crippen LogP contribution in [0.2, 0.25) is 0 Å². The first-order valence-electron chi connectivity index (χ1n) is 20.4. The molecule has 7 rings (SSSR count). The molecular formula is C41H59N3O10. The SMILES string of the molecule is CCCCCC1(CCCCC)OC2C3CC4(C(=O)NC(C(=O)NCCO)C(C)O)C(ON(Cc5ccc(C=CC6CCC7OC7C6)cc5)C4C(=O)O3)C2O1. The van der Waals surface area contributed by atoms with E-state index in [9.17, 15) is 24.6 Å². The number of carbonyl (C=O) groups is 3. The highest BCUT2D eigenvalue weighted by Gasteiger charge is 2.76. The van der Waals surface area contributed by atoms with Gasteiger partial charge in [0.15, 0.2) is 11.8 Å². The minimum atomic E-state index is -1.51. The van der Waals surface area contributed by atoms with Crippen molar-refractivity contribution < 1.29 is 48.4 Å². The van der Waals surface area contributed by atoms with Crippen LogP contribution in [-0.2, 0) is 44.7 Å². The van der Waals surface area contributed by atoms with Gasteiger partial charge in [0.05, 0.1) is 31.5 Å². The lowest BCUT2D eigenvalue weighted by molar-refractivity contribution is -0.224. The molecule has 0 radical (unpaired) electrons. The van der Waals surface area contributed by atoms with E-state index >= 15 is 0 Å². The first kappa shape index (κ1) is 39.3. The number of rotatable bonds is 18. The van der Waals surface area contributed by atoms with Crippen LogP contribution in [0, 0.1) is 11.3 Å². The highest BCUT2D eigenvalue weighted by atomic mass is 16.8. The van der Waals surface area contributed by atoms with Gasteiger partial charge in [-0.25, -0.2) is 0 Å². The average Bonchev–Trinajstić information content (AvgIpc) is 3.71. The maximum absolute atomic E-state index is 14.8. The molecule has 11 atom stereocenters. The average molecular weight is 754 g/mol. The number of carbonyl (C=O) groups excluding carboxylic acids is 3. The number of nitrogens with one attached hydrogen (secondary N) is 2. The Morgan fingerprint density at radius 1 is 1.00 bits per heavy atom. The molecule has 4 N–H and O–H groups in total. The minimum Gasteiger partial charge on any atom is -0.458 e.